The first kappa shape index (κ1) is 10.1. The zero-order chi connectivity index (χ0) is 11.1. The molecule has 1 saturated carbocycles. The SMILES string of the molecule is O=c1[nH]c(C2CC2)c(C(O)C2CCNC2)[nH]1. The van der Waals surface area contributed by atoms with Crippen LogP contribution in [0.2, 0.25) is 0 Å². The van der Waals surface area contributed by atoms with Crippen molar-refractivity contribution in [2.45, 2.75) is 31.3 Å². The molecule has 0 spiro atoms. The first-order chi connectivity index (χ1) is 7.75. The molecule has 1 aromatic heterocycles. The van der Waals surface area contributed by atoms with Crippen molar-refractivity contribution in [2.75, 3.05) is 13.1 Å². The number of imidazole rings is 1. The van der Waals surface area contributed by atoms with Crippen LogP contribution in [-0.4, -0.2) is 28.2 Å². The highest BCUT2D eigenvalue weighted by Gasteiger charge is 2.33. The summed E-state index contributed by atoms with van der Waals surface area (Å²) in [6.07, 6.45) is 2.68. The van der Waals surface area contributed by atoms with Gasteiger partial charge in [0.15, 0.2) is 0 Å². The van der Waals surface area contributed by atoms with Crippen LogP contribution in [0.3, 0.4) is 0 Å². The molecule has 5 heteroatoms. The molecule has 0 aromatic carbocycles. The number of hydrogen-bond donors (Lipinski definition) is 4. The van der Waals surface area contributed by atoms with E-state index in [-0.39, 0.29) is 11.6 Å². The third kappa shape index (κ3) is 1.70. The monoisotopic (exact) mass is 223 g/mol. The minimum Gasteiger partial charge on any atom is -0.386 e. The van der Waals surface area contributed by atoms with Crippen LogP contribution in [0.5, 0.6) is 0 Å². The van der Waals surface area contributed by atoms with Crippen molar-refractivity contribution in [3.8, 4) is 0 Å². The van der Waals surface area contributed by atoms with Gasteiger partial charge in [0.05, 0.1) is 11.8 Å². The zero-order valence-electron chi connectivity index (χ0n) is 9.12. The van der Waals surface area contributed by atoms with Crippen LogP contribution in [0, 0.1) is 5.92 Å². The smallest absolute Gasteiger partial charge is 0.323 e. The molecule has 16 heavy (non-hydrogen) atoms. The first-order valence-corrected chi connectivity index (χ1v) is 5.96. The lowest BCUT2D eigenvalue weighted by Gasteiger charge is -2.16. The van der Waals surface area contributed by atoms with Crippen molar-refractivity contribution in [1.82, 2.24) is 15.3 Å². The van der Waals surface area contributed by atoms with Gasteiger partial charge in [-0.1, -0.05) is 0 Å². The lowest BCUT2D eigenvalue weighted by atomic mass is 9.97. The second-order valence-corrected chi connectivity index (χ2v) is 4.88. The molecule has 1 saturated heterocycles. The average Bonchev–Trinajstić information content (AvgIpc) is 2.83. The van der Waals surface area contributed by atoms with E-state index in [9.17, 15) is 9.90 Å². The van der Waals surface area contributed by atoms with E-state index >= 15 is 0 Å². The van der Waals surface area contributed by atoms with E-state index in [0.29, 0.717) is 5.92 Å². The largest absolute Gasteiger partial charge is 0.386 e. The molecule has 88 valence electrons. The van der Waals surface area contributed by atoms with Crippen molar-refractivity contribution in [3.05, 3.63) is 21.9 Å². The number of aromatic amines is 2. The Balaban J connectivity index is 1.88. The van der Waals surface area contributed by atoms with Gasteiger partial charge in [-0.05, 0) is 25.8 Å². The highest BCUT2D eigenvalue weighted by molar-refractivity contribution is 5.23. The Morgan fingerprint density at radius 1 is 1.25 bits per heavy atom. The first-order valence-electron chi connectivity index (χ1n) is 5.96. The Morgan fingerprint density at radius 3 is 2.69 bits per heavy atom. The molecule has 2 heterocycles. The van der Waals surface area contributed by atoms with E-state index < -0.39 is 6.10 Å². The van der Waals surface area contributed by atoms with Gasteiger partial charge < -0.3 is 20.4 Å². The Morgan fingerprint density at radius 2 is 2.06 bits per heavy atom. The molecule has 1 aliphatic heterocycles. The van der Waals surface area contributed by atoms with Crippen molar-refractivity contribution in [2.24, 2.45) is 5.92 Å². The van der Waals surface area contributed by atoms with Crippen molar-refractivity contribution < 1.29 is 5.11 Å². The molecule has 1 aromatic rings. The van der Waals surface area contributed by atoms with Crippen LogP contribution in [0.15, 0.2) is 4.79 Å². The number of rotatable bonds is 3. The predicted molar refractivity (Wildman–Crippen MR) is 59.3 cm³/mol. The lowest BCUT2D eigenvalue weighted by Crippen LogP contribution is -2.18. The van der Waals surface area contributed by atoms with Gasteiger partial charge in [0.1, 0.15) is 0 Å². The lowest BCUT2D eigenvalue weighted by molar-refractivity contribution is 0.113. The van der Waals surface area contributed by atoms with Crippen molar-refractivity contribution in [3.63, 3.8) is 0 Å². The zero-order valence-corrected chi connectivity index (χ0v) is 9.12. The van der Waals surface area contributed by atoms with Gasteiger partial charge in [-0.2, -0.15) is 0 Å². The third-order valence-electron chi connectivity index (χ3n) is 3.61. The number of H-pyrrole nitrogens is 2. The van der Waals surface area contributed by atoms with Crippen LogP contribution in [0.4, 0.5) is 0 Å². The number of aliphatic hydroxyl groups excluding tert-OH is 1. The van der Waals surface area contributed by atoms with Gasteiger partial charge in [-0.3, -0.25) is 0 Å². The standard InChI is InChI=1S/C11H17N3O2/c15-10(7-3-4-12-5-7)9-8(6-1-2-6)13-11(16)14-9/h6-7,10,12,15H,1-5H2,(H2,13,14,16). The molecule has 2 fully saturated rings. The second kappa shape index (κ2) is 3.75. The Bertz CT molecular complexity index is 427. The fourth-order valence-electron chi connectivity index (χ4n) is 2.52. The maximum absolute atomic E-state index is 11.3. The molecule has 0 bridgehead atoms. The quantitative estimate of drug-likeness (QED) is 0.592. The Labute approximate surface area is 93.3 Å². The second-order valence-electron chi connectivity index (χ2n) is 4.88. The van der Waals surface area contributed by atoms with Crippen LogP contribution in [0.25, 0.3) is 0 Å². The molecule has 5 nitrogen and oxygen atoms in total. The molecular formula is C11H17N3O2. The summed E-state index contributed by atoms with van der Waals surface area (Å²) in [6.45, 7) is 1.79. The maximum atomic E-state index is 11.3. The fourth-order valence-corrected chi connectivity index (χ4v) is 2.52. The molecule has 0 radical (unpaired) electrons. The fraction of sp³-hybridized carbons (Fsp3) is 0.727. The molecule has 0 amide bonds. The van der Waals surface area contributed by atoms with E-state index in [4.69, 9.17) is 0 Å². The maximum Gasteiger partial charge on any atom is 0.323 e. The minimum atomic E-state index is -0.537. The minimum absolute atomic E-state index is 0.193. The van der Waals surface area contributed by atoms with Gasteiger partial charge >= 0.3 is 5.69 Å². The summed E-state index contributed by atoms with van der Waals surface area (Å²) in [5, 5.41) is 13.5. The van der Waals surface area contributed by atoms with Crippen LogP contribution in [0.1, 0.15) is 42.7 Å². The summed E-state index contributed by atoms with van der Waals surface area (Å²) < 4.78 is 0. The normalized spacial score (nSPS) is 27.2. The molecule has 4 N–H and O–H groups in total. The topological polar surface area (TPSA) is 80.9 Å². The van der Waals surface area contributed by atoms with Gasteiger partial charge in [0.2, 0.25) is 0 Å². The molecule has 2 atom stereocenters. The van der Waals surface area contributed by atoms with Gasteiger partial charge in [-0.15, -0.1) is 0 Å². The summed E-state index contributed by atoms with van der Waals surface area (Å²) in [6, 6.07) is 0. The van der Waals surface area contributed by atoms with E-state index in [1.807, 2.05) is 0 Å². The van der Waals surface area contributed by atoms with E-state index in [1.54, 1.807) is 0 Å². The van der Waals surface area contributed by atoms with Crippen molar-refractivity contribution >= 4 is 0 Å². The molecular weight excluding hydrogens is 206 g/mol. The van der Waals surface area contributed by atoms with Gasteiger partial charge in [0, 0.05) is 24.1 Å². The summed E-state index contributed by atoms with van der Waals surface area (Å²) in [5.41, 5.74) is 1.47. The third-order valence-corrected chi connectivity index (χ3v) is 3.61. The molecule has 1 aliphatic carbocycles. The summed E-state index contributed by atoms with van der Waals surface area (Å²) in [7, 11) is 0. The number of aromatic nitrogens is 2. The highest BCUT2D eigenvalue weighted by Crippen LogP contribution is 2.42. The van der Waals surface area contributed by atoms with Crippen LogP contribution in [-0.2, 0) is 0 Å². The van der Waals surface area contributed by atoms with E-state index in [0.717, 1.165) is 43.7 Å². The predicted octanol–water partition coefficient (Wildman–Crippen LogP) is 0.223. The molecule has 3 rings (SSSR count). The van der Waals surface area contributed by atoms with Gasteiger partial charge in [0.25, 0.3) is 0 Å². The number of aliphatic hydroxyl groups is 1. The Kier molecular flexibility index (Phi) is 2.37. The van der Waals surface area contributed by atoms with E-state index in [2.05, 4.69) is 15.3 Å². The summed E-state index contributed by atoms with van der Waals surface area (Å²) in [5.74, 6) is 0.682. The molecule has 2 unspecified atom stereocenters. The van der Waals surface area contributed by atoms with Crippen LogP contribution >= 0.6 is 0 Å². The molecule has 2 aliphatic rings. The van der Waals surface area contributed by atoms with E-state index in [1.165, 1.54) is 0 Å². The number of hydrogen-bond acceptors (Lipinski definition) is 3. The highest BCUT2D eigenvalue weighted by atomic mass is 16.3. The summed E-state index contributed by atoms with van der Waals surface area (Å²) >= 11 is 0. The van der Waals surface area contributed by atoms with Crippen molar-refractivity contribution in [1.29, 1.82) is 0 Å². The number of nitrogens with one attached hydrogen (secondary N) is 3. The van der Waals surface area contributed by atoms with Crippen LogP contribution < -0.4 is 11.0 Å². The van der Waals surface area contributed by atoms with Gasteiger partial charge in [-0.25, -0.2) is 4.79 Å². The Hall–Kier alpha value is -1.07. The summed E-state index contributed by atoms with van der Waals surface area (Å²) in [4.78, 5) is 16.9. The average molecular weight is 223 g/mol.